The normalized spacial score (nSPS) is 17.0. The standard InChI is InChI=1S/C28H31ClFN7O3/c1-17-14-34-24(16-33-17)27(40)32-11-3-10-31-26-21(19-5-2-4-18(12-19)6-9-25(38)39)15-35-28(37-26)36-20-7-8-23(30)22(29)13-20/h2,4-9,12-13,15,17,24,33-34H,3,10-11,14,16H2,1H3,(H,32,40)(H,38,39)(H2,31,35,36,37). The van der Waals surface area contributed by atoms with Crippen LogP contribution in [0, 0.1) is 5.82 Å². The highest BCUT2D eigenvalue weighted by molar-refractivity contribution is 6.31. The SMILES string of the molecule is CC1CNC(C(=O)NCCCNc2nc(Nc3ccc(F)c(Cl)c3)ncc2-c2cccc(C=CC(=O)O)c2)CN1. The first-order chi connectivity index (χ1) is 19.3. The van der Waals surface area contributed by atoms with E-state index in [-0.39, 0.29) is 22.9 Å². The van der Waals surface area contributed by atoms with Crippen LogP contribution in [0.5, 0.6) is 0 Å². The monoisotopic (exact) mass is 567 g/mol. The van der Waals surface area contributed by atoms with Gasteiger partial charge in [0.1, 0.15) is 11.6 Å². The molecule has 1 aromatic heterocycles. The van der Waals surface area contributed by atoms with Crippen LogP contribution in [-0.2, 0) is 9.59 Å². The van der Waals surface area contributed by atoms with Gasteiger partial charge in [0.2, 0.25) is 11.9 Å². The average molecular weight is 568 g/mol. The molecule has 2 aromatic carbocycles. The van der Waals surface area contributed by atoms with Crippen LogP contribution in [0.4, 0.5) is 21.8 Å². The highest BCUT2D eigenvalue weighted by Gasteiger charge is 2.22. The third-order valence-electron chi connectivity index (χ3n) is 6.18. The molecule has 4 rings (SSSR count). The molecule has 1 amide bonds. The second-order valence-corrected chi connectivity index (χ2v) is 9.76. The quantitative estimate of drug-likeness (QED) is 0.151. The van der Waals surface area contributed by atoms with E-state index >= 15 is 0 Å². The number of hydrogen-bond donors (Lipinski definition) is 6. The second kappa shape index (κ2) is 13.8. The number of halogens is 2. The van der Waals surface area contributed by atoms with Crippen molar-refractivity contribution >= 4 is 47.0 Å². The molecule has 6 N–H and O–H groups in total. The smallest absolute Gasteiger partial charge is 0.328 e. The van der Waals surface area contributed by atoms with E-state index in [0.717, 1.165) is 18.2 Å². The first-order valence-electron chi connectivity index (χ1n) is 12.9. The van der Waals surface area contributed by atoms with Crippen molar-refractivity contribution in [2.45, 2.75) is 25.4 Å². The first kappa shape index (κ1) is 28.9. The van der Waals surface area contributed by atoms with Crippen molar-refractivity contribution in [3.8, 4) is 11.1 Å². The Morgan fingerprint density at radius 1 is 1.18 bits per heavy atom. The van der Waals surface area contributed by atoms with Gasteiger partial charge in [-0.3, -0.25) is 4.79 Å². The van der Waals surface area contributed by atoms with Crippen LogP contribution in [0.25, 0.3) is 17.2 Å². The lowest BCUT2D eigenvalue weighted by atomic mass is 10.0. The third kappa shape index (κ3) is 8.22. The van der Waals surface area contributed by atoms with Gasteiger partial charge in [-0.2, -0.15) is 4.98 Å². The minimum atomic E-state index is -1.04. The van der Waals surface area contributed by atoms with Gasteiger partial charge in [0.05, 0.1) is 11.1 Å². The van der Waals surface area contributed by atoms with E-state index in [1.165, 1.54) is 24.3 Å². The number of nitrogens with one attached hydrogen (secondary N) is 5. The zero-order chi connectivity index (χ0) is 28.5. The maximum atomic E-state index is 13.6. The molecule has 2 heterocycles. The maximum Gasteiger partial charge on any atom is 0.328 e. The van der Waals surface area contributed by atoms with Gasteiger partial charge in [0.15, 0.2) is 0 Å². The Balaban J connectivity index is 1.46. The number of amides is 1. The predicted molar refractivity (Wildman–Crippen MR) is 154 cm³/mol. The molecule has 1 aliphatic rings. The van der Waals surface area contributed by atoms with Crippen molar-refractivity contribution in [2.24, 2.45) is 0 Å². The lowest BCUT2D eigenvalue weighted by Gasteiger charge is -2.28. The minimum absolute atomic E-state index is 0.0260. The Kier molecular flexibility index (Phi) is 10.0. The molecule has 2 unspecified atom stereocenters. The van der Waals surface area contributed by atoms with Crippen LogP contribution in [-0.4, -0.2) is 65.2 Å². The number of carboxylic acid groups (broad SMARTS) is 1. The van der Waals surface area contributed by atoms with Crippen molar-refractivity contribution in [2.75, 3.05) is 36.8 Å². The summed E-state index contributed by atoms with van der Waals surface area (Å²) in [5.41, 5.74) is 2.71. The Morgan fingerprint density at radius 2 is 2.02 bits per heavy atom. The van der Waals surface area contributed by atoms with E-state index in [2.05, 4.69) is 43.5 Å². The number of carbonyl (C=O) groups is 2. The summed E-state index contributed by atoms with van der Waals surface area (Å²) in [4.78, 5) is 32.4. The highest BCUT2D eigenvalue weighted by Crippen LogP contribution is 2.29. The minimum Gasteiger partial charge on any atom is -0.478 e. The van der Waals surface area contributed by atoms with Crippen LogP contribution in [0.15, 0.2) is 54.7 Å². The van der Waals surface area contributed by atoms with Gasteiger partial charge in [-0.1, -0.05) is 29.8 Å². The Bertz CT molecular complexity index is 1380. The molecule has 3 aromatic rings. The number of hydrogen-bond acceptors (Lipinski definition) is 8. The summed E-state index contributed by atoms with van der Waals surface area (Å²) >= 11 is 5.91. The number of aliphatic carboxylic acids is 1. The van der Waals surface area contributed by atoms with Crippen molar-refractivity contribution in [3.63, 3.8) is 0 Å². The van der Waals surface area contributed by atoms with E-state index in [1.54, 1.807) is 12.3 Å². The van der Waals surface area contributed by atoms with Crippen LogP contribution in [0.2, 0.25) is 5.02 Å². The summed E-state index contributed by atoms with van der Waals surface area (Å²) in [7, 11) is 0. The molecule has 0 aliphatic carbocycles. The van der Waals surface area contributed by atoms with Crippen LogP contribution >= 0.6 is 11.6 Å². The summed E-state index contributed by atoms with van der Waals surface area (Å²) in [6, 6.07) is 11.6. The number of rotatable bonds is 11. The third-order valence-corrected chi connectivity index (χ3v) is 6.47. The number of carbonyl (C=O) groups excluding carboxylic acids is 1. The Labute approximate surface area is 236 Å². The molecule has 0 bridgehead atoms. The van der Waals surface area contributed by atoms with Gasteiger partial charge < -0.3 is 31.7 Å². The van der Waals surface area contributed by atoms with Crippen molar-refractivity contribution in [1.82, 2.24) is 25.9 Å². The number of carboxylic acids is 1. The second-order valence-electron chi connectivity index (χ2n) is 9.35. The molecular weight excluding hydrogens is 537 g/mol. The molecule has 1 saturated heterocycles. The van der Waals surface area contributed by atoms with Crippen LogP contribution in [0.3, 0.4) is 0 Å². The molecule has 0 radical (unpaired) electrons. The van der Waals surface area contributed by atoms with E-state index in [1.807, 2.05) is 18.2 Å². The van der Waals surface area contributed by atoms with Crippen LogP contribution in [0.1, 0.15) is 18.9 Å². The molecule has 210 valence electrons. The zero-order valence-corrected chi connectivity index (χ0v) is 22.6. The van der Waals surface area contributed by atoms with Crippen molar-refractivity contribution in [3.05, 3.63) is 71.1 Å². The Morgan fingerprint density at radius 3 is 2.77 bits per heavy atom. The maximum absolute atomic E-state index is 13.6. The van der Waals surface area contributed by atoms with Gasteiger partial charge >= 0.3 is 5.97 Å². The van der Waals surface area contributed by atoms with Gasteiger partial charge in [0.25, 0.3) is 0 Å². The van der Waals surface area contributed by atoms with Gasteiger partial charge in [-0.25, -0.2) is 14.2 Å². The largest absolute Gasteiger partial charge is 0.478 e. The molecular formula is C28H31ClFN7O3. The Hall–Kier alpha value is -4.06. The van der Waals surface area contributed by atoms with E-state index < -0.39 is 11.8 Å². The van der Waals surface area contributed by atoms with Crippen molar-refractivity contribution < 1.29 is 19.1 Å². The van der Waals surface area contributed by atoms with E-state index in [4.69, 9.17) is 16.7 Å². The number of piperazine rings is 1. The predicted octanol–water partition coefficient (Wildman–Crippen LogP) is 3.65. The molecule has 12 heteroatoms. The summed E-state index contributed by atoms with van der Waals surface area (Å²) in [6.07, 6.45) is 4.87. The van der Waals surface area contributed by atoms with Gasteiger partial charge in [-0.05, 0) is 54.8 Å². The number of aromatic nitrogens is 2. The number of nitrogens with zero attached hydrogens (tertiary/aromatic N) is 2. The fraction of sp³-hybridized carbons (Fsp3) is 0.286. The number of benzene rings is 2. The number of anilines is 3. The van der Waals surface area contributed by atoms with Gasteiger partial charge in [0, 0.05) is 55.7 Å². The molecule has 0 saturated carbocycles. The van der Waals surface area contributed by atoms with Crippen molar-refractivity contribution in [1.29, 1.82) is 0 Å². The topological polar surface area (TPSA) is 140 Å². The van der Waals surface area contributed by atoms with E-state index in [0.29, 0.717) is 54.7 Å². The molecule has 1 fully saturated rings. The van der Waals surface area contributed by atoms with Gasteiger partial charge in [-0.15, -0.1) is 0 Å². The molecule has 40 heavy (non-hydrogen) atoms. The average Bonchev–Trinajstić information content (AvgIpc) is 2.94. The fourth-order valence-electron chi connectivity index (χ4n) is 4.07. The molecule has 1 aliphatic heterocycles. The summed E-state index contributed by atoms with van der Waals surface area (Å²) in [5.74, 6) is -0.806. The molecule has 0 spiro atoms. The summed E-state index contributed by atoms with van der Waals surface area (Å²) < 4.78 is 13.6. The lowest BCUT2D eigenvalue weighted by Crippen LogP contribution is -2.58. The lowest BCUT2D eigenvalue weighted by molar-refractivity contribution is -0.131. The van der Waals surface area contributed by atoms with Crippen LogP contribution < -0.4 is 26.6 Å². The summed E-state index contributed by atoms with van der Waals surface area (Å²) in [6.45, 7) is 4.38. The first-order valence-corrected chi connectivity index (χ1v) is 13.2. The zero-order valence-electron chi connectivity index (χ0n) is 21.9. The molecule has 10 nitrogen and oxygen atoms in total. The molecule has 2 atom stereocenters. The summed E-state index contributed by atoms with van der Waals surface area (Å²) in [5, 5.41) is 24.8. The fourth-order valence-corrected chi connectivity index (χ4v) is 4.25. The highest BCUT2D eigenvalue weighted by atomic mass is 35.5. The van der Waals surface area contributed by atoms with E-state index in [9.17, 15) is 14.0 Å².